The predicted octanol–water partition coefficient (Wildman–Crippen LogP) is 4.08. The maximum atomic E-state index is 15.6. The Morgan fingerprint density at radius 1 is 1.18 bits per heavy atom. The van der Waals surface area contributed by atoms with Gasteiger partial charge in [0, 0.05) is 50.6 Å². The van der Waals surface area contributed by atoms with Crippen LogP contribution in [-0.4, -0.2) is 56.9 Å². The zero-order valence-electron chi connectivity index (χ0n) is 21.5. The Morgan fingerprint density at radius 3 is 2.76 bits per heavy atom. The van der Waals surface area contributed by atoms with Gasteiger partial charge in [-0.2, -0.15) is 0 Å². The highest BCUT2D eigenvalue weighted by Gasteiger charge is 2.46. The number of ether oxygens (including phenoxy) is 2. The maximum Gasteiger partial charge on any atom is 0.329 e. The van der Waals surface area contributed by atoms with Crippen molar-refractivity contribution in [2.24, 2.45) is 18.9 Å². The fourth-order valence-electron chi connectivity index (χ4n) is 6.92. The summed E-state index contributed by atoms with van der Waals surface area (Å²) in [7, 11) is 1.77. The molecule has 38 heavy (non-hydrogen) atoms. The third-order valence-corrected chi connectivity index (χ3v) is 9.27. The van der Waals surface area contributed by atoms with Crippen molar-refractivity contribution in [2.45, 2.75) is 37.6 Å². The van der Waals surface area contributed by atoms with E-state index in [1.165, 1.54) is 25.6 Å². The minimum atomic E-state index is -0.423. The van der Waals surface area contributed by atoms with E-state index in [4.69, 9.17) is 9.47 Å². The van der Waals surface area contributed by atoms with E-state index >= 15 is 4.39 Å². The molecule has 196 valence electrons. The highest BCUT2D eigenvalue weighted by molar-refractivity contribution is 6.09. The van der Waals surface area contributed by atoms with Gasteiger partial charge in [0.1, 0.15) is 18.2 Å². The summed E-state index contributed by atoms with van der Waals surface area (Å²) < 4.78 is 31.5. The summed E-state index contributed by atoms with van der Waals surface area (Å²) in [5.74, 6) is 2.42. The summed E-state index contributed by atoms with van der Waals surface area (Å²) >= 11 is 0. The number of imidazole rings is 1. The lowest BCUT2D eigenvalue weighted by molar-refractivity contribution is 0.0719. The third-order valence-electron chi connectivity index (χ3n) is 9.27. The summed E-state index contributed by atoms with van der Waals surface area (Å²) in [6, 6.07) is 5.05. The van der Waals surface area contributed by atoms with E-state index in [2.05, 4.69) is 14.9 Å². The molecular weight excluding hydrogens is 485 g/mol. The van der Waals surface area contributed by atoms with Gasteiger partial charge in [-0.1, -0.05) is 0 Å². The van der Waals surface area contributed by atoms with Crippen LogP contribution in [0.1, 0.15) is 32.1 Å². The van der Waals surface area contributed by atoms with Crippen molar-refractivity contribution >= 4 is 21.9 Å². The first-order valence-electron chi connectivity index (χ1n) is 13.7. The first kappa shape index (κ1) is 22.5. The zero-order valence-corrected chi connectivity index (χ0v) is 21.5. The van der Waals surface area contributed by atoms with Crippen LogP contribution in [0.25, 0.3) is 33.1 Å². The number of nitrogens with zero attached hydrogens (tertiary/aromatic N) is 5. The Morgan fingerprint density at radius 2 is 2.03 bits per heavy atom. The summed E-state index contributed by atoms with van der Waals surface area (Å²) in [5.41, 5.74) is 2.44. The number of aryl methyl sites for hydroxylation is 1. The van der Waals surface area contributed by atoms with Crippen LogP contribution in [0.3, 0.4) is 0 Å². The average Bonchev–Trinajstić information content (AvgIpc) is 3.48. The number of fused-ring (bicyclic) bond motifs is 2. The Kier molecular flexibility index (Phi) is 4.75. The molecule has 8 rings (SSSR count). The molecule has 2 aliphatic heterocycles. The van der Waals surface area contributed by atoms with Crippen molar-refractivity contribution in [1.29, 1.82) is 0 Å². The topological polar surface area (TPSA) is 74.4 Å². The lowest BCUT2D eigenvalue weighted by atomic mass is 9.77. The summed E-state index contributed by atoms with van der Waals surface area (Å²) in [6.07, 6.45) is 8.43. The summed E-state index contributed by atoms with van der Waals surface area (Å²) in [6.45, 7) is 4.46. The number of hydrogen-bond donors (Lipinski definition) is 0. The standard InChI is InChI=1S/C29H30FN5O3/c1-33-22-13-31-21-11-20(30)24(27-25(21)26(22)35(28(33)36)29(16-38-27)6-2-7-29)17-4-5-23(32-12-17)37-9-3-8-34-14-18-10-19(18)15-34/h4-5,11-13,18-19H,2-3,6-10,14-16H2,1H3. The van der Waals surface area contributed by atoms with Gasteiger partial charge in [-0.15, -0.1) is 0 Å². The Labute approximate surface area is 219 Å². The van der Waals surface area contributed by atoms with Gasteiger partial charge in [0.2, 0.25) is 5.88 Å². The zero-order chi connectivity index (χ0) is 25.6. The Bertz CT molecular complexity index is 1650. The Balaban J connectivity index is 1.13. The smallest absolute Gasteiger partial charge is 0.329 e. The minimum absolute atomic E-state index is 0.0824. The highest BCUT2D eigenvalue weighted by Crippen LogP contribution is 2.49. The molecule has 0 amide bonds. The maximum absolute atomic E-state index is 15.6. The van der Waals surface area contributed by atoms with E-state index in [1.54, 1.807) is 30.1 Å². The number of hydrogen-bond acceptors (Lipinski definition) is 6. The fraction of sp³-hybridized carbons (Fsp3) is 0.483. The van der Waals surface area contributed by atoms with Crippen molar-refractivity contribution in [3.05, 3.63) is 46.9 Å². The van der Waals surface area contributed by atoms with E-state index in [-0.39, 0.29) is 5.69 Å². The minimum Gasteiger partial charge on any atom is -0.490 e. The van der Waals surface area contributed by atoms with E-state index in [0.29, 0.717) is 46.9 Å². The molecule has 8 nitrogen and oxygen atoms in total. The molecule has 9 heteroatoms. The Hall–Kier alpha value is -3.46. The molecule has 3 fully saturated rings. The van der Waals surface area contributed by atoms with Crippen LogP contribution in [0.4, 0.5) is 4.39 Å². The molecule has 0 bridgehead atoms. The van der Waals surface area contributed by atoms with Crippen LogP contribution in [0.15, 0.2) is 35.4 Å². The monoisotopic (exact) mass is 515 g/mol. The van der Waals surface area contributed by atoms with Crippen LogP contribution in [0.5, 0.6) is 11.6 Å². The molecule has 4 aliphatic rings. The lowest BCUT2D eigenvalue weighted by Crippen LogP contribution is -2.50. The number of rotatable bonds is 6. The SMILES string of the molecule is Cn1c(=O)n2c3c4c(c(-c5ccc(OCCCN6CC7CC7C6)nc5)c(F)cc4ncc31)OCC21CCC1. The first-order chi connectivity index (χ1) is 18.5. The first-order valence-corrected chi connectivity index (χ1v) is 13.7. The molecule has 2 atom stereocenters. The number of pyridine rings is 2. The van der Waals surface area contributed by atoms with Gasteiger partial charge in [-0.3, -0.25) is 14.1 Å². The van der Waals surface area contributed by atoms with E-state index in [0.717, 1.165) is 55.1 Å². The molecule has 2 saturated carbocycles. The van der Waals surface area contributed by atoms with Crippen LogP contribution >= 0.6 is 0 Å². The molecule has 2 unspecified atom stereocenters. The second kappa shape index (κ2) is 8.02. The number of piperidine rings is 1. The second-order valence-electron chi connectivity index (χ2n) is 11.6. The van der Waals surface area contributed by atoms with Gasteiger partial charge in [-0.25, -0.2) is 14.2 Å². The molecule has 5 heterocycles. The number of likely N-dealkylation sites (tertiary alicyclic amines) is 1. The van der Waals surface area contributed by atoms with E-state index in [1.807, 2.05) is 10.6 Å². The number of aromatic nitrogens is 4. The van der Waals surface area contributed by atoms with Gasteiger partial charge in [0.15, 0.2) is 0 Å². The molecule has 4 aromatic rings. The normalized spacial score (nSPS) is 23.0. The molecule has 1 saturated heterocycles. The molecule has 0 radical (unpaired) electrons. The van der Waals surface area contributed by atoms with Crippen LogP contribution in [-0.2, 0) is 12.6 Å². The van der Waals surface area contributed by atoms with Gasteiger partial charge in [0.05, 0.1) is 45.8 Å². The molecule has 1 aromatic carbocycles. The molecule has 3 aromatic heterocycles. The van der Waals surface area contributed by atoms with Gasteiger partial charge in [0.25, 0.3) is 0 Å². The quantitative estimate of drug-likeness (QED) is 0.360. The van der Waals surface area contributed by atoms with Gasteiger partial charge in [-0.05, 0) is 50.0 Å². The van der Waals surface area contributed by atoms with Crippen molar-refractivity contribution in [2.75, 3.05) is 32.8 Å². The second-order valence-corrected chi connectivity index (χ2v) is 11.6. The molecule has 0 N–H and O–H groups in total. The predicted molar refractivity (Wildman–Crippen MR) is 141 cm³/mol. The molecule has 1 spiro atoms. The average molecular weight is 516 g/mol. The summed E-state index contributed by atoms with van der Waals surface area (Å²) in [5, 5.41) is 0.681. The summed E-state index contributed by atoms with van der Waals surface area (Å²) in [4.78, 5) is 24.9. The number of halogens is 1. The van der Waals surface area contributed by atoms with Gasteiger partial charge < -0.3 is 14.4 Å². The van der Waals surface area contributed by atoms with E-state index in [9.17, 15) is 4.79 Å². The highest BCUT2D eigenvalue weighted by atomic mass is 19.1. The van der Waals surface area contributed by atoms with Crippen LogP contribution in [0, 0.1) is 17.7 Å². The molecule has 2 aliphatic carbocycles. The van der Waals surface area contributed by atoms with Crippen molar-refractivity contribution in [3.8, 4) is 22.8 Å². The van der Waals surface area contributed by atoms with Crippen molar-refractivity contribution < 1.29 is 13.9 Å². The number of benzene rings is 1. The fourth-order valence-corrected chi connectivity index (χ4v) is 6.92. The third kappa shape index (κ3) is 3.20. The van der Waals surface area contributed by atoms with Crippen LogP contribution < -0.4 is 15.2 Å². The molecular formula is C29H30FN5O3. The van der Waals surface area contributed by atoms with Crippen molar-refractivity contribution in [3.63, 3.8) is 0 Å². The van der Waals surface area contributed by atoms with Gasteiger partial charge >= 0.3 is 5.69 Å². The van der Waals surface area contributed by atoms with Crippen LogP contribution in [0.2, 0.25) is 0 Å². The lowest BCUT2D eigenvalue weighted by Gasteiger charge is -2.41. The van der Waals surface area contributed by atoms with E-state index < -0.39 is 11.4 Å². The largest absolute Gasteiger partial charge is 0.490 e. The van der Waals surface area contributed by atoms with Crippen molar-refractivity contribution in [1.82, 2.24) is 24.0 Å².